The van der Waals surface area contributed by atoms with Crippen molar-refractivity contribution in [2.75, 3.05) is 6.54 Å². The third-order valence-corrected chi connectivity index (χ3v) is 6.35. The standard InChI is InChI=1S/C29H23NO7/c1-16-12-17(2)18(3)23(13-16)37-25-15-35-24-14-19(8-9-22(24)27(25)32)36-26(31)10-11-30-28(33)20-6-4-5-7-21(20)29(30)34/h4-9,12-15H,10-11H2,1-3H3. The third kappa shape index (κ3) is 4.49. The molecule has 0 radical (unpaired) electrons. The fourth-order valence-electron chi connectivity index (χ4n) is 4.28. The summed E-state index contributed by atoms with van der Waals surface area (Å²) in [7, 11) is 0. The average molecular weight is 498 g/mol. The maximum atomic E-state index is 13.0. The van der Waals surface area contributed by atoms with Gasteiger partial charge in [0.05, 0.1) is 22.9 Å². The molecule has 0 unspecified atom stereocenters. The van der Waals surface area contributed by atoms with Crippen molar-refractivity contribution in [2.24, 2.45) is 0 Å². The van der Waals surface area contributed by atoms with Gasteiger partial charge in [-0.05, 0) is 67.8 Å². The van der Waals surface area contributed by atoms with E-state index >= 15 is 0 Å². The summed E-state index contributed by atoms with van der Waals surface area (Å²) in [6.45, 7) is 5.74. The molecule has 2 amide bonds. The Morgan fingerprint density at radius 2 is 1.59 bits per heavy atom. The quantitative estimate of drug-likeness (QED) is 0.207. The Bertz CT molecular complexity index is 1620. The summed E-state index contributed by atoms with van der Waals surface area (Å²) >= 11 is 0. The van der Waals surface area contributed by atoms with Crippen LogP contribution in [-0.2, 0) is 4.79 Å². The smallest absolute Gasteiger partial charge is 0.313 e. The van der Waals surface area contributed by atoms with E-state index in [1.165, 1.54) is 24.5 Å². The molecule has 37 heavy (non-hydrogen) atoms. The number of rotatable bonds is 6. The lowest BCUT2D eigenvalue weighted by molar-refractivity contribution is -0.134. The predicted octanol–water partition coefficient (Wildman–Crippen LogP) is 5.10. The summed E-state index contributed by atoms with van der Waals surface area (Å²) in [6, 6.07) is 14.8. The number of imide groups is 1. The summed E-state index contributed by atoms with van der Waals surface area (Å²) in [6.07, 6.45) is 1.05. The zero-order chi connectivity index (χ0) is 26.3. The molecule has 5 rings (SSSR count). The molecule has 0 spiro atoms. The van der Waals surface area contributed by atoms with Crippen molar-refractivity contribution >= 4 is 28.8 Å². The second kappa shape index (κ2) is 9.39. The third-order valence-electron chi connectivity index (χ3n) is 6.35. The first-order valence-corrected chi connectivity index (χ1v) is 11.7. The number of aryl methyl sites for hydroxylation is 2. The number of amides is 2. The van der Waals surface area contributed by atoms with Crippen LogP contribution in [-0.4, -0.2) is 29.2 Å². The molecular formula is C29H23NO7. The summed E-state index contributed by atoms with van der Waals surface area (Å²) in [5.41, 5.74) is 3.49. The number of esters is 1. The van der Waals surface area contributed by atoms with Gasteiger partial charge in [-0.1, -0.05) is 18.2 Å². The molecular weight excluding hydrogens is 474 g/mol. The monoisotopic (exact) mass is 497 g/mol. The molecule has 186 valence electrons. The van der Waals surface area contributed by atoms with E-state index in [2.05, 4.69) is 0 Å². The van der Waals surface area contributed by atoms with Crippen LogP contribution in [0.2, 0.25) is 0 Å². The van der Waals surface area contributed by atoms with E-state index in [1.54, 1.807) is 24.3 Å². The molecule has 1 aliphatic rings. The Morgan fingerprint density at radius 3 is 2.30 bits per heavy atom. The van der Waals surface area contributed by atoms with Crippen molar-refractivity contribution in [3.8, 4) is 17.2 Å². The van der Waals surface area contributed by atoms with Gasteiger partial charge in [0.1, 0.15) is 23.3 Å². The molecule has 0 bridgehead atoms. The zero-order valence-electron chi connectivity index (χ0n) is 20.5. The van der Waals surface area contributed by atoms with Crippen molar-refractivity contribution < 1.29 is 28.3 Å². The molecule has 2 heterocycles. The van der Waals surface area contributed by atoms with E-state index in [0.29, 0.717) is 16.9 Å². The van der Waals surface area contributed by atoms with Gasteiger partial charge < -0.3 is 13.9 Å². The Kier molecular flexibility index (Phi) is 6.09. The first-order chi connectivity index (χ1) is 17.7. The van der Waals surface area contributed by atoms with Crippen LogP contribution in [0.3, 0.4) is 0 Å². The lowest BCUT2D eigenvalue weighted by atomic mass is 10.1. The minimum Gasteiger partial charge on any atom is -0.460 e. The number of benzene rings is 3. The molecule has 0 fully saturated rings. The van der Waals surface area contributed by atoms with E-state index < -0.39 is 17.8 Å². The summed E-state index contributed by atoms with van der Waals surface area (Å²) in [5.74, 6) is -0.714. The molecule has 0 atom stereocenters. The molecule has 1 aliphatic heterocycles. The van der Waals surface area contributed by atoms with Crippen molar-refractivity contribution in [3.05, 3.63) is 98.9 Å². The van der Waals surface area contributed by atoms with E-state index in [-0.39, 0.29) is 40.9 Å². The van der Waals surface area contributed by atoms with Gasteiger partial charge in [-0.15, -0.1) is 0 Å². The van der Waals surface area contributed by atoms with Crippen LogP contribution < -0.4 is 14.9 Å². The Morgan fingerprint density at radius 1 is 0.892 bits per heavy atom. The highest BCUT2D eigenvalue weighted by molar-refractivity contribution is 6.21. The average Bonchev–Trinajstić information content (AvgIpc) is 3.12. The largest absolute Gasteiger partial charge is 0.460 e. The molecule has 0 aliphatic carbocycles. The fourth-order valence-corrected chi connectivity index (χ4v) is 4.28. The molecule has 8 nitrogen and oxygen atoms in total. The first-order valence-electron chi connectivity index (χ1n) is 11.7. The van der Waals surface area contributed by atoms with Gasteiger partial charge >= 0.3 is 5.97 Å². The van der Waals surface area contributed by atoms with Crippen molar-refractivity contribution in [1.82, 2.24) is 4.90 Å². The minimum absolute atomic E-state index is 0.0475. The second-order valence-corrected chi connectivity index (χ2v) is 8.93. The number of hydrogen-bond acceptors (Lipinski definition) is 7. The predicted molar refractivity (Wildman–Crippen MR) is 135 cm³/mol. The van der Waals surface area contributed by atoms with Gasteiger partial charge in [0.25, 0.3) is 11.8 Å². The molecule has 0 saturated carbocycles. The number of carbonyl (C=O) groups excluding carboxylic acids is 3. The van der Waals surface area contributed by atoms with Gasteiger partial charge in [-0.25, -0.2) is 0 Å². The molecule has 1 aromatic heterocycles. The number of nitrogens with zero attached hydrogens (tertiary/aromatic N) is 1. The second-order valence-electron chi connectivity index (χ2n) is 8.93. The first kappa shape index (κ1) is 24.0. The molecule has 0 N–H and O–H groups in total. The number of ether oxygens (including phenoxy) is 2. The number of fused-ring (bicyclic) bond motifs is 2. The maximum absolute atomic E-state index is 13.0. The highest BCUT2D eigenvalue weighted by Gasteiger charge is 2.35. The van der Waals surface area contributed by atoms with Crippen LogP contribution in [0.15, 0.2) is 70.1 Å². The lowest BCUT2D eigenvalue weighted by Gasteiger charge is -2.13. The summed E-state index contributed by atoms with van der Waals surface area (Å²) in [4.78, 5) is 51.3. The number of hydrogen-bond donors (Lipinski definition) is 0. The molecule has 0 saturated heterocycles. The van der Waals surface area contributed by atoms with Crippen molar-refractivity contribution in [3.63, 3.8) is 0 Å². The molecule has 8 heteroatoms. The molecule has 3 aromatic carbocycles. The highest BCUT2D eigenvalue weighted by Crippen LogP contribution is 2.29. The van der Waals surface area contributed by atoms with Gasteiger partial charge in [-0.2, -0.15) is 0 Å². The van der Waals surface area contributed by atoms with Gasteiger partial charge in [-0.3, -0.25) is 24.1 Å². The summed E-state index contributed by atoms with van der Waals surface area (Å²) < 4.78 is 16.8. The van der Waals surface area contributed by atoms with Crippen LogP contribution in [0.25, 0.3) is 11.0 Å². The van der Waals surface area contributed by atoms with E-state index in [0.717, 1.165) is 21.6 Å². The maximum Gasteiger partial charge on any atom is 0.313 e. The summed E-state index contributed by atoms with van der Waals surface area (Å²) in [5, 5.41) is 0.269. The minimum atomic E-state index is -0.636. The van der Waals surface area contributed by atoms with Crippen LogP contribution in [0.1, 0.15) is 43.8 Å². The fraction of sp³-hybridized carbons (Fsp3) is 0.172. The van der Waals surface area contributed by atoms with E-state index in [9.17, 15) is 19.2 Å². The zero-order valence-corrected chi connectivity index (χ0v) is 20.5. The van der Waals surface area contributed by atoms with Crippen molar-refractivity contribution in [1.29, 1.82) is 0 Å². The SMILES string of the molecule is Cc1cc(C)c(C)c(Oc2coc3cc(OC(=O)CCN4C(=O)c5ccccc5C4=O)ccc3c2=O)c1. The topological polar surface area (TPSA) is 103 Å². The Labute approximate surface area is 212 Å². The van der Waals surface area contributed by atoms with Crippen LogP contribution in [0.5, 0.6) is 17.2 Å². The van der Waals surface area contributed by atoms with Crippen LogP contribution in [0, 0.1) is 20.8 Å². The van der Waals surface area contributed by atoms with Crippen LogP contribution in [0.4, 0.5) is 0 Å². The van der Waals surface area contributed by atoms with Gasteiger partial charge in [0.2, 0.25) is 11.2 Å². The Hall–Kier alpha value is -4.72. The van der Waals surface area contributed by atoms with Crippen molar-refractivity contribution in [2.45, 2.75) is 27.2 Å². The van der Waals surface area contributed by atoms with E-state index in [1.807, 2.05) is 32.9 Å². The van der Waals surface area contributed by atoms with Gasteiger partial charge in [0, 0.05) is 12.6 Å². The van der Waals surface area contributed by atoms with E-state index in [4.69, 9.17) is 13.9 Å². The highest BCUT2D eigenvalue weighted by atomic mass is 16.5. The van der Waals surface area contributed by atoms with Crippen LogP contribution >= 0.6 is 0 Å². The normalized spacial score (nSPS) is 12.7. The number of carbonyl (C=O) groups is 3. The molecule has 4 aromatic rings. The van der Waals surface area contributed by atoms with Gasteiger partial charge in [0.15, 0.2) is 0 Å². The lowest BCUT2D eigenvalue weighted by Crippen LogP contribution is -2.32. The Balaban J connectivity index is 1.28.